The van der Waals surface area contributed by atoms with E-state index in [0.29, 0.717) is 5.75 Å². The molecule has 2 aromatic rings. The second-order valence-corrected chi connectivity index (χ2v) is 5.39. The zero-order valence-electron chi connectivity index (χ0n) is 14.5. The lowest BCUT2D eigenvalue weighted by molar-refractivity contribution is -0.148. The number of amides is 1. The van der Waals surface area contributed by atoms with Crippen LogP contribution in [0.4, 0.5) is 5.69 Å². The first-order chi connectivity index (χ1) is 12.0. The van der Waals surface area contributed by atoms with Crippen LogP contribution in [-0.4, -0.2) is 32.1 Å². The molecule has 2 aromatic carbocycles. The lowest BCUT2D eigenvalue weighted by atomic mass is 10.2. The molecule has 0 spiro atoms. The van der Waals surface area contributed by atoms with Crippen molar-refractivity contribution in [3.8, 4) is 5.75 Å². The van der Waals surface area contributed by atoms with Gasteiger partial charge in [0, 0.05) is 24.4 Å². The average molecular weight is 339 g/mol. The Bertz CT molecular complexity index is 755. The van der Waals surface area contributed by atoms with Gasteiger partial charge in [-0.25, -0.2) is 4.79 Å². The van der Waals surface area contributed by atoms with Crippen molar-refractivity contribution >= 4 is 23.6 Å². The Kier molecular flexibility index (Phi) is 6.34. The molecule has 0 saturated carbocycles. The molecule has 1 amide bonds. The maximum Gasteiger partial charge on any atom is 0.331 e. The molecular weight excluding hydrogens is 318 g/mol. The number of methoxy groups -OCH3 is 1. The minimum atomic E-state index is -0.889. The summed E-state index contributed by atoms with van der Waals surface area (Å²) in [6, 6.07) is 16.5. The van der Waals surface area contributed by atoms with Gasteiger partial charge in [-0.05, 0) is 31.2 Å². The van der Waals surface area contributed by atoms with Crippen LogP contribution < -0.4 is 9.64 Å². The summed E-state index contributed by atoms with van der Waals surface area (Å²) in [5, 5.41) is 0. The number of benzene rings is 2. The Morgan fingerprint density at radius 2 is 1.68 bits per heavy atom. The third-order valence-corrected chi connectivity index (χ3v) is 3.65. The number of rotatable bonds is 6. The SMILES string of the molecule is COc1ccccc1/C=C/C(=O)O[C@H](C)C(=O)N(C)c1ccccc1. The quantitative estimate of drug-likeness (QED) is 0.598. The molecule has 130 valence electrons. The van der Waals surface area contributed by atoms with Crippen LogP contribution in [0.5, 0.6) is 5.75 Å². The van der Waals surface area contributed by atoms with Crippen molar-refractivity contribution in [2.75, 3.05) is 19.1 Å². The molecule has 0 aliphatic rings. The number of esters is 1. The highest BCUT2D eigenvalue weighted by molar-refractivity contribution is 5.98. The Labute approximate surface area is 147 Å². The predicted octanol–water partition coefficient (Wildman–Crippen LogP) is 3.30. The van der Waals surface area contributed by atoms with Crippen molar-refractivity contribution in [3.63, 3.8) is 0 Å². The number of hydrogen-bond donors (Lipinski definition) is 0. The number of para-hydroxylation sites is 2. The summed E-state index contributed by atoms with van der Waals surface area (Å²) in [6.07, 6.45) is 1.99. The van der Waals surface area contributed by atoms with Gasteiger partial charge < -0.3 is 14.4 Å². The molecule has 0 fully saturated rings. The van der Waals surface area contributed by atoms with Crippen LogP contribution in [0, 0.1) is 0 Å². The molecule has 0 aliphatic carbocycles. The molecule has 5 nitrogen and oxygen atoms in total. The second-order valence-electron chi connectivity index (χ2n) is 5.39. The molecule has 0 N–H and O–H groups in total. The number of ether oxygens (including phenoxy) is 2. The standard InChI is InChI=1S/C20H21NO4/c1-15(20(23)21(2)17-10-5-4-6-11-17)25-19(22)14-13-16-9-7-8-12-18(16)24-3/h4-15H,1-3H3/b14-13+/t15-/m1/s1. The summed E-state index contributed by atoms with van der Waals surface area (Å²) in [5.41, 5.74) is 1.49. The summed E-state index contributed by atoms with van der Waals surface area (Å²) in [4.78, 5) is 25.8. The van der Waals surface area contributed by atoms with Gasteiger partial charge in [0.1, 0.15) is 5.75 Å². The fourth-order valence-corrected chi connectivity index (χ4v) is 2.28. The van der Waals surface area contributed by atoms with Gasteiger partial charge in [0.15, 0.2) is 6.10 Å². The summed E-state index contributed by atoms with van der Waals surface area (Å²) >= 11 is 0. The van der Waals surface area contributed by atoms with E-state index in [4.69, 9.17) is 9.47 Å². The molecule has 0 saturated heterocycles. The predicted molar refractivity (Wildman–Crippen MR) is 97.4 cm³/mol. The zero-order valence-corrected chi connectivity index (χ0v) is 14.5. The average Bonchev–Trinajstić information content (AvgIpc) is 2.66. The minimum Gasteiger partial charge on any atom is -0.496 e. The highest BCUT2D eigenvalue weighted by Gasteiger charge is 2.21. The summed E-state index contributed by atoms with van der Waals surface area (Å²) in [5.74, 6) is -0.238. The van der Waals surface area contributed by atoms with Crippen LogP contribution in [0.25, 0.3) is 6.08 Å². The maximum absolute atomic E-state index is 12.4. The minimum absolute atomic E-state index is 0.301. The molecule has 0 aliphatic heterocycles. The van der Waals surface area contributed by atoms with E-state index < -0.39 is 12.1 Å². The van der Waals surface area contributed by atoms with Crippen LogP contribution in [0.3, 0.4) is 0 Å². The smallest absolute Gasteiger partial charge is 0.331 e. The number of anilines is 1. The fourth-order valence-electron chi connectivity index (χ4n) is 2.28. The molecule has 0 unspecified atom stereocenters. The topological polar surface area (TPSA) is 55.8 Å². The van der Waals surface area contributed by atoms with E-state index in [2.05, 4.69) is 0 Å². The summed E-state index contributed by atoms with van der Waals surface area (Å²) in [7, 11) is 3.21. The van der Waals surface area contributed by atoms with Crippen molar-refractivity contribution in [2.45, 2.75) is 13.0 Å². The van der Waals surface area contributed by atoms with Gasteiger partial charge in [-0.3, -0.25) is 4.79 Å². The van der Waals surface area contributed by atoms with Crippen LogP contribution in [0.2, 0.25) is 0 Å². The molecule has 0 heterocycles. The van der Waals surface area contributed by atoms with Crippen LogP contribution in [0.1, 0.15) is 12.5 Å². The summed E-state index contributed by atoms with van der Waals surface area (Å²) in [6.45, 7) is 1.55. The van der Waals surface area contributed by atoms with Gasteiger partial charge in [0.25, 0.3) is 5.91 Å². The molecule has 2 rings (SSSR count). The largest absolute Gasteiger partial charge is 0.496 e. The van der Waals surface area contributed by atoms with Gasteiger partial charge in [0.2, 0.25) is 0 Å². The van der Waals surface area contributed by atoms with Gasteiger partial charge >= 0.3 is 5.97 Å². The van der Waals surface area contributed by atoms with E-state index in [1.165, 1.54) is 11.0 Å². The maximum atomic E-state index is 12.4. The zero-order chi connectivity index (χ0) is 18.2. The number of likely N-dealkylation sites (N-methyl/N-ethyl adjacent to an activating group) is 1. The van der Waals surface area contributed by atoms with Crippen molar-refractivity contribution in [2.24, 2.45) is 0 Å². The van der Waals surface area contributed by atoms with Crippen LogP contribution in [-0.2, 0) is 14.3 Å². The third-order valence-electron chi connectivity index (χ3n) is 3.65. The second kappa shape index (κ2) is 8.68. The van der Waals surface area contributed by atoms with Gasteiger partial charge in [-0.2, -0.15) is 0 Å². The van der Waals surface area contributed by atoms with E-state index in [-0.39, 0.29) is 5.91 Å². The van der Waals surface area contributed by atoms with Gasteiger partial charge in [-0.1, -0.05) is 36.4 Å². The van der Waals surface area contributed by atoms with E-state index in [1.54, 1.807) is 33.2 Å². The Morgan fingerprint density at radius 3 is 2.36 bits per heavy atom. The number of nitrogens with zero attached hydrogens (tertiary/aromatic N) is 1. The molecule has 0 aromatic heterocycles. The number of hydrogen-bond acceptors (Lipinski definition) is 4. The molecule has 25 heavy (non-hydrogen) atoms. The van der Waals surface area contributed by atoms with Crippen LogP contribution >= 0.6 is 0 Å². The first kappa shape index (κ1) is 18.3. The van der Waals surface area contributed by atoms with Crippen LogP contribution in [0.15, 0.2) is 60.7 Å². The lowest BCUT2D eigenvalue weighted by Gasteiger charge is -2.21. The molecule has 5 heteroatoms. The Hall–Kier alpha value is -3.08. The highest BCUT2D eigenvalue weighted by Crippen LogP contribution is 2.19. The third kappa shape index (κ3) is 4.94. The van der Waals surface area contributed by atoms with Crippen molar-refractivity contribution in [3.05, 3.63) is 66.2 Å². The lowest BCUT2D eigenvalue weighted by Crippen LogP contribution is -2.37. The number of carbonyl (C=O) groups excluding carboxylic acids is 2. The Balaban J connectivity index is 1.97. The molecule has 0 radical (unpaired) electrons. The first-order valence-electron chi connectivity index (χ1n) is 7.87. The van der Waals surface area contributed by atoms with E-state index in [9.17, 15) is 9.59 Å². The van der Waals surface area contributed by atoms with Gasteiger partial charge in [-0.15, -0.1) is 0 Å². The van der Waals surface area contributed by atoms with E-state index in [0.717, 1.165) is 11.3 Å². The highest BCUT2D eigenvalue weighted by atomic mass is 16.5. The number of carbonyl (C=O) groups is 2. The van der Waals surface area contributed by atoms with Crippen molar-refractivity contribution < 1.29 is 19.1 Å². The van der Waals surface area contributed by atoms with Crippen molar-refractivity contribution in [1.29, 1.82) is 0 Å². The van der Waals surface area contributed by atoms with Gasteiger partial charge in [0.05, 0.1) is 7.11 Å². The molecular formula is C20H21NO4. The van der Waals surface area contributed by atoms with E-state index >= 15 is 0 Å². The first-order valence-corrected chi connectivity index (χ1v) is 7.87. The summed E-state index contributed by atoms with van der Waals surface area (Å²) < 4.78 is 10.4. The van der Waals surface area contributed by atoms with Crippen molar-refractivity contribution in [1.82, 2.24) is 0 Å². The fraction of sp³-hybridized carbons (Fsp3) is 0.200. The molecule has 0 bridgehead atoms. The monoisotopic (exact) mass is 339 g/mol. The Morgan fingerprint density at radius 1 is 1.04 bits per heavy atom. The molecule has 1 atom stereocenters. The normalized spacial score (nSPS) is 11.8. The van der Waals surface area contributed by atoms with E-state index in [1.807, 2.05) is 48.5 Å².